The number of rotatable bonds is 3. The van der Waals surface area contributed by atoms with Crippen molar-refractivity contribution in [1.29, 1.82) is 0 Å². The Bertz CT molecular complexity index is 772. The first-order chi connectivity index (χ1) is 12.3. The van der Waals surface area contributed by atoms with Crippen LogP contribution < -0.4 is 0 Å². The van der Waals surface area contributed by atoms with Gasteiger partial charge in [0.1, 0.15) is 5.50 Å². The maximum absolute atomic E-state index is 6.67. The van der Waals surface area contributed by atoms with Gasteiger partial charge in [0.05, 0.1) is 29.4 Å². The van der Waals surface area contributed by atoms with E-state index in [1.807, 2.05) is 23.2 Å². The maximum Gasteiger partial charge on any atom is 0.494 e. The minimum Gasteiger partial charge on any atom is -0.399 e. The van der Waals surface area contributed by atoms with Crippen molar-refractivity contribution in [2.75, 3.05) is 0 Å². The summed E-state index contributed by atoms with van der Waals surface area (Å²) in [6.45, 7) is 8.94. The highest BCUT2D eigenvalue weighted by Gasteiger charge is 2.52. The molecule has 0 N–H and O–H groups in total. The van der Waals surface area contributed by atoms with Gasteiger partial charge in [-0.3, -0.25) is 5.01 Å². The Morgan fingerprint density at radius 1 is 1.12 bits per heavy atom. The van der Waals surface area contributed by atoms with Crippen LogP contribution in [-0.4, -0.2) is 34.5 Å². The fourth-order valence-electron chi connectivity index (χ4n) is 3.36. The summed E-state index contributed by atoms with van der Waals surface area (Å²) in [5.74, 6) is 0.0894. The number of hydrogen-bond donors (Lipinski definition) is 0. The molecule has 1 saturated heterocycles. The van der Waals surface area contributed by atoms with Crippen molar-refractivity contribution in [2.45, 2.75) is 50.9 Å². The lowest BCUT2D eigenvalue weighted by molar-refractivity contribution is 0.00578. The summed E-state index contributed by atoms with van der Waals surface area (Å²) in [6, 6.07) is 10.3. The quantitative estimate of drug-likeness (QED) is 0.455. The van der Waals surface area contributed by atoms with E-state index in [2.05, 4.69) is 58.1 Å². The highest BCUT2D eigenvalue weighted by Crippen LogP contribution is 2.40. The normalized spacial score (nSPS) is 28.8. The van der Waals surface area contributed by atoms with Crippen molar-refractivity contribution in [2.24, 2.45) is 11.0 Å². The Hall–Kier alpha value is -1.56. The van der Waals surface area contributed by atoms with E-state index >= 15 is 0 Å². The van der Waals surface area contributed by atoms with E-state index in [4.69, 9.17) is 26.0 Å². The van der Waals surface area contributed by atoms with E-state index in [9.17, 15) is 0 Å². The Morgan fingerprint density at radius 3 is 2.42 bits per heavy atom. The third kappa shape index (κ3) is 3.02. The molecule has 4 nitrogen and oxygen atoms in total. The number of alkyl halides is 1. The van der Waals surface area contributed by atoms with E-state index < -0.39 is 0 Å². The van der Waals surface area contributed by atoms with Gasteiger partial charge in [0, 0.05) is 0 Å². The van der Waals surface area contributed by atoms with Gasteiger partial charge in [-0.1, -0.05) is 54.1 Å². The van der Waals surface area contributed by atoms with Crippen LogP contribution in [0.5, 0.6) is 0 Å². The smallest absolute Gasteiger partial charge is 0.399 e. The first-order valence-electron chi connectivity index (χ1n) is 9.05. The van der Waals surface area contributed by atoms with Crippen molar-refractivity contribution in [3.63, 3.8) is 0 Å². The van der Waals surface area contributed by atoms with Crippen LogP contribution in [0.1, 0.15) is 33.3 Å². The lowest BCUT2D eigenvalue weighted by atomic mass is 9.74. The Kier molecular flexibility index (Phi) is 4.29. The van der Waals surface area contributed by atoms with Gasteiger partial charge in [0.2, 0.25) is 0 Å². The first kappa shape index (κ1) is 17.8. The van der Waals surface area contributed by atoms with Crippen LogP contribution in [0.3, 0.4) is 0 Å². The number of hydrogen-bond acceptors (Lipinski definition) is 4. The molecule has 1 aromatic carbocycles. The van der Waals surface area contributed by atoms with Gasteiger partial charge in [-0.2, -0.15) is 5.10 Å². The van der Waals surface area contributed by atoms with E-state index in [0.717, 1.165) is 11.2 Å². The van der Waals surface area contributed by atoms with Crippen molar-refractivity contribution in [1.82, 2.24) is 5.01 Å². The molecule has 0 spiro atoms. The molecule has 0 radical (unpaired) electrons. The minimum absolute atomic E-state index is 0.0894. The molecule has 0 saturated carbocycles. The molecule has 26 heavy (non-hydrogen) atoms. The molecule has 1 aliphatic carbocycles. The number of nitrogens with zero attached hydrogens (tertiary/aromatic N) is 2. The Labute approximate surface area is 160 Å². The van der Waals surface area contributed by atoms with Crippen molar-refractivity contribution < 1.29 is 9.31 Å². The molecule has 1 fully saturated rings. The van der Waals surface area contributed by atoms with Crippen LogP contribution in [0.15, 0.2) is 59.1 Å². The molecule has 2 heterocycles. The van der Waals surface area contributed by atoms with Crippen molar-refractivity contribution in [3.8, 4) is 0 Å². The summed E-state index contributed by atoms with van der Waals surface area (Å²) in [6.07, 6.45) is 6.24. The van der Waals surface area contributed by atoms with E-state index in [1.165, 1.54) is 5.56 Å². The third-order valence-electron chi connectivity index (χ3n) is 5.69. The summed E-state index contributed by atoms with van der Waals surface area (Å²) >= 11 is 6.67. The molecule has 6 heteroatoms. The third-order valence-corrected chi connectivity index (χ3v) is 6.19. The zero-order valence-corrected chi connectivity index (χ0v) is 16.4. The number of halogens is 1. The van der Waals surface area contributed by atoms with Crippen molar-refractivity contribution in [3.05, 3.63) is 59.6 Å². The highest BCUT2D eigenvalue weighted by molar-refractivity contribution is 6.56. The second-order valence-corrected chi connectivity index (χ2v) is 8.55. The van der Waals surface area contributed by atoms with Crippen LogP contribution in [0, 0.1) is 5.92 Å². The van der Waals surface area contributed by atoms with Crippen LogP contribution in [-0.2, 0) is 15.9 Å². The van der Waals surface area contributed by atoms with Crippen LogP contribution >= 0.6 is 11.6 Å². The number of hydrazone groups is 1. The second kappa shape index (κ2) is 6.26. The van der Waals surface area contributed by atoms with E-state index in [0.29, 0.717) is 6.54 Å². The van der Waals surface area contributed by atoms with Gasteiger partial charge in [-0.05, 0) is 44.8 Å². The zero-order valence-electron chi connectivity index (χ0n) is 15.6. The standard InChI is InChI=1S/C20H24BClN2O2/c1-19(2)20(3,4)26-21(25-19)15-10-11-16-17(12-15)23-24(18(16)22)13-14-8-6-5-7-9-14/h5-12,16,18H,13H2,1-4H3. The van der Waals surface area contributed by atoms with Crippen LogP contribution in [0.2, 0.25) is 0 Å². The molecule has 3 aliphatic rings. The monoisotopic (exact) mass is 370 g/mol. The number of allylic oxidation sites excluding steroid dienone is 3. The topological polar surface area (TPSA) is 34.1 Å². The molecule has 0 amide bonds. The van der Waals surface area contributed by atoms with Crippen molar-refractivity contribution >= 4 is 24.4 Å². The van der Waals surface area contributed by atoms with Gasteiger partial charge in [-0.25, -0.2) is 0 Å². The number of benzene rings is 1. The molecule has 1 aromatic rings. The number of fused-ring (bicyclic) bond motifs is 1. The van der Waals surface area contributed by atoms with E-state index in [-0.39, 0.29) is 29.7 Å². The van der Waals surface area contributed by atoms with Gasteiger partial charge < -0.3 is 9.31 Å². The molecule has 4 rings (SSSR count). The van der Waals surface area contributed by atoms with Crippen LogP contribution in [0.4, 0.5) is 0 Å². The molecular formula is C20H24BClN2O2. The van der Waals surface area contributed by atoms with E-state index in [1.54, 1.807) is 0 Å². The van der Waals surface area contributed by atoms with Gasteiger partial charge in [0.25, 0.3) is 0 Å². The van der Waals surface area contributed by atoms with Gasteiger partial charge in [0.15, 0.2) is 0 Å². The first-order valence-corrected chi connectivity index (χ1v) is 9.49. The average molecular weight is 371 g/mol. The average Bonchev–Trinajstić information content (AvgIpc) is 3.01. The fourth-order valence-corrected chi connectivity index (χ4v) is 3.69. The fraction of sp³-hybridized carbons (Fsp3) is 0.450. The maximum atomic E-state index is 6.67. The molecule has 2 atom stereocenters. The Balaban J connectivity index is 1.54. The molecule has 0 aromatic heterocycles. The molecule has 136 valence electrons. The lowest BCUT2D eigenvalue weighted by Crippen LogP contribution is -2.41. The summed E-state index contributed by atoms with van der Waals surface area (Å²) in [7, 11) is -0.378. The predicted molar refractivity (Wildman–Crippen MR) is 106 cm³/mol. The lowest BCUT2D eigenvalue weighted by Gasteiger charge is -2.32. The summed E-state index contributed by atoms with van der Waals surface area (Å²) in [5.41, 5.74) is 2.26. The van der Waals surface area contributed by atoms with Gasteiger partial charge in [-0.15, -0.1) is 0 Å². The largest absolute Gasteiger partial charge is 0.494 e. The molecular weight excluding hydrogens is 346 g/mol. The molecule has 2 unspecified atom stereocenters. The predicted octanol–water partition coefficient (Wildman–Crippen LogP) is 4.17. The minimum atomic E-state index is -0.378. The summed E-state index contributed by atoms with van der Waals surface area (Å²) < 4.78 is 12.3. The molecule has 2 aliphatic heterocycles. The highest BCUT2D eigenvalue weighted by atomic mass is 35.5. The Morgan fingerprint density at radius 2 is 1.77 bits per heavy atom. The van der Waals surface area contributed by atoms with Gasteiger partial charge >= 0.3 is 7.12 Å². The van der Waals surface area contributed by atoms with Crippen LogP contribution in [0.25, 0.3) is 0 Å². The SMILES string of the molecule is CC1(C)OB(C2=CC3=NN(Cc4ccccc4)C(Cl)C3C=C2)OC1(C)C. The second-order valence-electron chi connectivity index (χ2n) is 8.10. The molecule has 0 bridgehead atoms. The zero-order chi connectivity index (χ0) is 18.5. The summed E-state index contributed by atoms with van der Waals surface area (Å²) in [5, 5.41) is 6.71. The summed E-state index contributed by atoms with van der Waals surface area (Å²) in [4.78, 5) is 0.